The van der Waals surface area contributed by atoms with Crippen LogP contribution in [0.2, 0.25) is 0 Å². The number of hydrogen-bond donors (Lipinski definition) is 1. The highest BCUT2D eigenvalue weighted by molar-refractivity contribution is 5.70. The molecule has 0 amide bonds. The molecule has 1 aliphatic carbocycles. The van der Waals surface area contributed by atoms with E-state index in [-0.39, 0.29) is 6.42 Å². The molecule has 2 aliphatic rings. The Hall–Kier alpha value is -2.49. The van der Waals surface area contributed by atoms with E-state index in [1.54, 1.807) is 0 Å². The van der Waals surface area contributed by atoms with E-state index in [9.17, 15) is 4.79 Å². The van der Waals surface area contributed by atoms with Gasteiger partial charge in [0, 0.05) is 5.56 Å². The van der Waals surface area contributed by atoms with Gasteiger partial charge in [-0.1, -0.05) is 43.3 Å². The summed E-state index contributed by atoms with van der Waals surface area (Å²) < 4.78 is 11.2. The number of benzene rings is 2. The molecule has 4 rings (SSSR count). The molecule has 0 spiro atoms. The number of carboxylic acids is 1. The van der Waals surface area contributed by atoms with Gasteiger partial charge in [0.15, 0.2) is 11.5 Å². The highest BCUT2D eigenvalue weighted by Gasteiger charge is 2.29. The molecule has 4 heteroatoms. The highest BCUT2D eigenvalue weighted by Crippen LogP contribution is 2.45. The normalized spacial score (nSPS) is 22.0. The molecule has 1 saturated carbocycles. The van der Waals surface area contributed by atoms with Crippen LogP contribution in [0.15, 0.2) is 42.5 Å². The number of ether oxygens (including phenoxy) is 2. The van der Waals surface area contributed by atoms with E-state index < -0.39 is 5.97 Å². The summed E-state index contributed by atoms with van der Waals surface area (Å²) in [7, 11) is 0. The van der Waals surface area contributed by atoms with Crippen LogP contribution in [0.3, 0.4) is 0 Å². The second-order valence-electron chi connectivity index (χ2n) is 7.91. The summed E-state index contributed by atoms with van der Waals surface area (Å²) in [5, 5.41) is 8.90. The Morgan fingerprint density at radius 1 is 1.15 bits per heavy atom. The number of fused-ring (bicyclic) bond motifs is 1. The van der Waals surface area contributed by atoms with Gasteiger partial charge in [-0.2, -0.15) is 0 Å². The lowest BCUT2D eigenvalue weighted by molar-refractivity contribution is -0.136. The largest absolute Gasteiger partial charge is 0.481 e. The molecule has 0 bridgehead atoms. The van der Waals surface area contributed by atoms with Gasteiger partial charge in [0.25, 0.3) is 0 Å². The maximum atomic E-state index is 10.8. The third-order valence-electron chi connectivity index (χ3n) is 5.99. The monoisotopic (exact) mass is 366 g/mol. The zero-order chi connectivity index (χ0) is 18.8. The summed E-state index contributed by atoms with van der Waals surface area (Å²) in [6.07, 6.45) is 4.92. The van der Waals surface area contributed by atoms with Crippen LogP contribution in [0, 0.1) is 5.92 Å². The van der Waals surface area contributed by atoms with E-state index in [2.05, 4.69) is 31.2 Å². The van der Waals surface area contributed by atoms with Crippen LogP contribution >= 0.6 is 0 Å². The predicted molar refractivity (Wildman–Crippen MR) is 103 cm³/mol. The number of aliphatic carboxylic acids is 1. The van der Waals surface area contributed by atoms with Gasteiger partial charge in [-0.25, -0.2) is 0 Å². The molecule has 27 heavy (non-hydrogen) atoms. The fourth-order valence-electron chi connectivity index (χ4n) is 4.64. The first-order valence-corrected chi connectivity index (χ1v) is 9.79. The van der Waals surface area contributed by atoms with Gasteiger partial charge in [-0.15, -0.1) is 0 Å². The maximum absolute atomic E-state index is 10.8. The molecule has 0 aromatic heterocycles. The van der Waals surface area contributed by atoms with Gasteiger partial charge < -0.3 is 14.6 Å². The lowest BCUT2D eigenvalue weighted by Gasteiger charge is -2.19. The third kappa shape index (κ3) is 3.95. The first kappa shape index (κ1) is 17.9. The molecule has 2 aromatic rings. The van der Waals surface area contributed by atoms with Gasteiger partial charge in [-0.05, 0) is 60.6 Å². The second kappa shape index (κ2) is 7.63. The Morgan fingerprint density at radius 2 is 1.96 bits per heavy atom. The molecule has 0 unspecified atom stereocenters. The molecule has 142 valence electrons. The van der Waals surface area contributed by atoms with Crippen molar-refractivity contribution in [3.05, 3.63) is 59.2 Å². The highest BCUT2D eigenvalue weighted by atomic mass is 16.7. The lowest BCUT2D eigenvalue weighted by Crippen LogP contribution is -2.04. The van der Waals surface area contributed by atoms with E-state index in [0.717, 1.165) is 23.5 Å². The Labute approximate surface area is 160 Å². The Morgan fingerprint density at radius 3 is 2.74 bits per heavy atom. The Balaban J connectivity index is 1.37. The topological polar surface area (TPSA) is 55.8 Å². The SMILES string of the molecule is C[C@@H](C[C@H]1CC[C@@H](c2ccc(CC(=O)O)cc2)C1)c1cccc2c1OCO2. The number of rotatable bonds is 6. The van der Waals surface area contributed by atoms with Crippen molar-refractivity contribution in [2.75, 3.05) is 6.79 Å². The molecule has 1 aliphatic heterocycles. The fourth-order valence-corrected chi connectivity index (χ4v) is 4.64. The van der Waals surface area contributed by atoms with E-state index in [4.69, 9.17) is 14.6 Å². The first-order valence-electron chi connectivity index (χ1n) is 9.79. The maximum Gasteiger partial charge on any atom is 0.307 e. The molecular formula is C23H26O4. The average Bonchev–Trinajstić information content (AvgIpc) is 3.30. The average molecular weight is 366 g/mol. The number of hydrogen-bond acceptors (Lipinski definition) is 3. The smallest absolute Gasteiger partial charge is 0.307 e. The molecule has 2 aromatic carbocycles. The van der Waals surface area contributed by atoms with Crippen molar-refractivity contribution < 1.29 is 19.4 Å². The minimum absolute atomic E-state index is 0.0955. The molecule has 3 atom stereocenters. The fraction of sp³-hybridized carbons (Fsp3) is 0.435. The van der Waals surface area contributed by atoms with Crippen molar-refractivity contribution in [1.82, 2.24) is 0 Å². The molecular weight excluding hydrogens is 340 g/mol. The number of para-hydroxylation sites is 1. The van der Waals surface area contributed by atoms with Crippen molar-refractivity contribution in [2.45, 2.75) is 50.9 Å². The van der Waals surface area contributed by atoms with Crippen molar-refractivity contribution >= 4 is 5.97 Å². The van der Waals surface area contributed by atoms with E-state index in [1.165, 1.54) is 30.4 Å². The molecule has 1 N–H and O–H groups in total. The van der Waals surface area contributed by atoms with Crippen molar-refractivity contribution in [1.29, 1.82) is 0 Å². The quantitative estimate of drug-likeness (QED) is 0.771. The van der Waals surface area contributed by atoms with Crippen LogP contribution in [0.1, 0.15) is 61.1 Å². The van der Waals surface area contributed by atoms with Gasteiger partial charge in [0.05, 0.1) is 6.42 Å². The van der Waals surface area contributed by atoms with Crippen molar-refractivity contribution in [3.8, 4) is 11.5 Å². The standard InChI is InChI=1S/C23H26O4/c1-15(20-3-2-4-21-23(20)27-14-26-21)11-17-7-10-19(12-17)18-8-5-16(6-9-18)13-22(24)25/h2-6,8-9,15,17,19H,7,10-14H2,1H3,(H,24,25)/t15-,17+,19+/m0/s1. The summed E-state index contributed by atoms with van der Waals surface area (Å²) in [5.74, 6) is 2.76. The first-order chi connectivity index (χ1) is 13.1. The van der Waals surface area contributed by atoms with Crippen LogP contribution in [0.5, 0.6) is 11.5 Å². The van der Waals surface area contributed by atoms with E-state index in [0.29, 0.717) is 24.5 Å². The van der Waals surface area contributed by atoms with E-state index >= 15 is 0 Å². The lowest BCUT2D eigenvalue weighted by atomic mass is 9.87. The summed E-state index contributed by atoms with van der Waals surface area (Å²) in [6.45, 7) is 2.60. The molecule has 0 saturated heterocycles. The zero-order valence-corrected chi connectivity index (χ0v) is 15.7. The van der Waals surface area contributed by atoms with Crippen LogP contribution in [-0.4, -0.2) is 17.9 Å². The number of carbonyl (C=O) groups is 1. The van der Waals surface area contributed by atoms with Crippen molar-refractivity contribution in [3.63, 3.8) is 0 Å². The molecule has 4 nitrogen and oxygen atoms in total. The predicted octanol–water partition coefficient (Wildman–Crippen LogP) is 5.12. The summed E-state index contributed by atoms with van der Waals surface area (Å²) in [5.41, 5.74) is 3.47. The van der Waals surface area contributed by atoms with Crippen LogP contribution < -0.4 is 9.47 Å². The van der Waals surface area contributed by atoms with E-state index in [1.807, 2.05) is 18.2 Å². The Bertz CT molecular complexity index is 812. The van der Waals surface area contributed by atoms with Crippen molar-refractivity contribution in [2.24, 2.45) is 5.92 Å². The summed E-state index contributed by atoms with van der Waals surface area (Å²) in [6, 6.07) is 14.3. The minimum Gasteiger partial charge on any atom is -0.481 e. The summed E-state index contributed by atoms with van der Waals surface area (Å²) >= 11 is 0. The van der Waals surface area contributed by atoms with Gasteiger partial charge in [-0.3, -0.25) is 4.79 Å². The third-order valence-corrected chi connectivity index (χ3v) is 5.99. The Kier molecular flexibility index (Phi) is 5.06. The van der Waals surface area contributed by atoms with Gasteiger partial charge in [0.1, 0.15) is 0 Å². The number of carboxylic acid groups (broad SMARTS) is 1. The summed E-state index contributed by atoms with van der Waals surface area (Å²) in [4.78, 5) is 10.8. The molecule has 1 fully saturated rings. The second-order valence-corrected chi connectivity index (χ2v) is 7.91. The van der Waals surface area contributed by atoms with Crippen LogP contribution in [0.25, 0.3) is 0 Å². The van der Waals surface area contributed by atoms with Gasteiger partial charge in [0.2, 0.25) is 6.79 Å². The van der Waals surface area contributed by atoms with Gasteiger partial charge >= 0.3 is 5.97 Å². The molecule has 0 radical (unpaired) electrons. The zero-order valence-electron chi connectivity index (χ0n) is 15.7. The molecule has 1 heterocycles. The van der Waals surface area contributed by atoms with Crippen LogP contribution in [-0.2, 0) is 11.2 Å². The minimum atomic E-state index is -0.778. The van der Waals surface area contributed by atoms with Crippen LogP contribution in [0.4, 0.5) is 0 Å².